The van der Waals surface area contributed by atoms with Crippen molar-refractivity contribution in [2.24, 2.45) is 0 Å². The van der Waals surface area contributed by atoms with Crippen LogP contribution in [0, 0.1) is 5.82 Å². The molecule has 0 saturated carbocycles. The first kappa shape index (κ1) is 18.6. The Bertz CT molecular complexity index is 722. The lowest BCUT2D eigenvalue weighted by Crippen LogP contribution is -2.41. The van der Waals surface area contributed by atoms with Gasteiger partial charge in [0.1, 0.15) is 5.82 Å². The van der Waals surface area contributed by atoms with E-state index in [9.17, 15) is 19.1 Å². The van der Waals surface area contributed by atoms with E-state index in [1.54, 1.807) is 6.92 Å². The summed E-state index contributed by atoms with van der Waals surface area (Å²) >= 11 is 0. The standard InChI is InChI=1S/C19H21FN2O3/c1-13(10-17(23)14-6-3-2-4-7-14)22-18(24)12-21-19(25)15-8-5-9-16(20)11-15/h2-9,11,13,17,23H,10,12H2,1H3,(H,21,25)(H,22,24). The normalized spacial score (nSPS) is 12.9. The first-order chi connectivity index (χ1) is 12.0. The van der Waals surface area contributed by atoms with E-state index < -0.39 is 17.8 Å². The lowest BCUT2D eigenvalue weighted by Gasteiger charge is -2.18. The number of aliphatic hydroxyl groups excluding tert-OH is 1. The molecule has 25 heavy (non-hydrogen) atoms. The van der Waals surface area contributed by atoms with Crippen LogP contribution >= 0.6 is 0 Å². The van der Waals surface area contributed by atoms with Crippen molar-refractivity contribution in [2.75, 3.05) is 6.54 Å². The van der Waals surface area contributed by atoms with Crippen LogP contribution in [0.2, 0.25) is 0 Å². The van der Waals surface area contributed by atoms with Gasteiger partial charge in [-0.15, -0.1) is 0 Å². The maximum absolute atomic E-state index is 13.1. The minimum Gasteiger partial charge on any atom is -0.388 e. The van der Waals surface area contributed by atoms with Gasteiger partial charge in [-0.3, -0.25) is 9.59 Å². The second-order valence-corrected chi connectivity index (χ2v) is 5.82. The summed E-state index contributed by atoms with van der Waals surface area (Å²) < 4.78 is 13.1. The molecule has 0 aliphatic heterocycles. The Balaban J connectivity index is 1.77. The van der Waals surface area contributed by atoms with E-state index in [0.717, 1.165) is 11.6 Å². The van der Waals surface area contributed by atoms with E-state index in [1.165, 1.54) is 18.2 Å². The molecule has 2 rings (SSSR count). The van der Waals surface area contributed by atoms with Gasteiger partial charge in [0.2, 0.25) is 5.91 Å². The van der Waals surface area contributed by atoms with Crippen molar-refractivity contribution in [1.82, 2.24) is 10.6 Å². The van der Waals surface area contributed by atoms with Gasteiger partial charge in [-0.25, -0.2) is 4.39 Å². The van der Waals surface area contributed by atoms with Crippen molar-refractivity contribution in [1.29, 1.82) is 0 Å². The molecule has 3 N–H and O–H groups in total. The van der Waals surface area contributed by atoms with Gasteiger partial charge in [0.25, 0.3) is 5.91 Å². The fourth-order valence-electron chi connectivity index (χ4n) is 2.42. The Morgan fingerprint density at radius 1 is 1.12 bits per heavy atom. The first-order valence-electron chi connectivity index (χ1n) is 8.02. The van der Waals surface area contributed by atoms with Crippen LogP contribution in [-0.2, 0) is 4.79 Å². The highest BCUT2D eigenvalue weighted by molar-refractivity contribution is 5.96. The number of carbonyl (C=O) groups is 2. The highest BCUT2D eigenvalue weighted by Crippen LogP contribution is 2.17. The van der Waals surface area contributed by atoms with Crippen LogP contribution in [0.5, 0.6) is 0 Å². The third-order valence-electron chi connectivity index (χ3n) is 3.66. The maximum Gasteiger partial charge on any atom is 0.251 e. The first-order valence-corrected chi connectivity index (χ1v) is 8.02. The molecule has 0 saturated heterocycles. The summed E-state index contributed by atoms with van der Waals surface area (Å²) in [6, 6.07) is 14.1. The Morgan fingerprint density at radius 3 is 2.52 bits per heavy atom. The maximum atomic E-state index is 13.1. The van der Waals surface area contributed by atoms with Crippen LogP contribution in [0.15, 0.2) is 54.6 Å². The Hall–Kier alpha value is -2.73. The van der Waals surface area contributed by atoms with E-state index in [1.807, 2.05) is 30.3 Å². The van der Waals surface area contributed by atoms with E-state index >= 15 is 0 Å². The average molecular weight is 344 g/mol. The summed E-state index contributed by atoms with van der Waals surface area (Å²) in [4.78, 5) is 23.7. The fraction of sp³-hybridized carbons (Fsp3) is 0.263. The average Bonchev–Trinajstić information content (AvgIpc) is 2.60. The van der Waals surface area contributed by atoms with Crippen molar-refractivity contribution < 1.29 is 19.1 Å². The predicted molar refractivity (Wildman–Crippen MR) is 92.4 cm³/mol. The molecule has 0 heterocycles. The van der Waals surface area contributed by atoms with Crippen molar-refractivity contribution in [3.05, 3.63) is 71.5 Å². The molecule has 5 nitrogen and oxygen atoms in total. The van der Waals surface area contributed by atoms with Gasteiger partial charge < -0.3 is 15.7 Å². The van der Waals surface area contributed by atoms with Gasteiger partial charge in [0.05, 0.1) is 12.6 Å². The summed E-state index contributed by atoms with van der Waals surface area (Å²) in [5.74, 6) is -1.41. The van der Waals surface area contributed by atoms with Crippen LogP contribution in [0.3, 0.4) is 0 Å². The molecule has 2 aromatic rings. The third-order valence-corrected chi connectivity index (χ3v) is 3.66. The number of benzene rings is 2. The van der Waals surface area contributed by atoms with Gasteiger partial charge >= 0.3 is 0 Å². The molecular formula is C19H21FN2O3. The third kappa shape index (κ3) is 6.00. The predicted octanol–water partition coefficient (Wildman–Crippen LogP) is 2.18. The van der Waals surface area contributed by atoms with Crippen LogP contribution in [0.1, 0.15) is 35.4 Å². The molecular weight excluding hydrogens is 323 g/mol. The lowest BCUT2D eigenvalue weighted by molar-refractivity contribution is -0.120. The van der Waals surface area contributed by atoms with Gasteiger partial charge in [0.15, 0.2) is 0 Å². The molecule has 2 amide bonds. The zero-order valence-electron chi connectivity index (χ0n) is 13.9. The molecule has 132 valence electrons. The van der Waals surface area contributed by atoms with Gasteiger partial charge in [-0.1, -0.05) is 36.4 Å². The molecule has 2 atom stereocenters. The fourth-order valence-corrected chi connectivity index (χ4v) is 2.42. The van der Waals surface area contributed by atoms with E-state index in [-0.39, 0.29) is 24.1 Å². The molecule has 6 heteroatoms. The van der Waals surface area contributed by atoms with Crippen LogP contribution in [-0.4, -0.2) is 29.5 Å². The molecule has 0 aromatic heterocycles. The molecule has 0 bridgehead atoms. The Kier molecular flexibility index (Phi) is 6.65. The van der Waals surface area contributed by atoms with Crippen molar-refractivity contribution >= 4 is 11.8 Å². The molecule has 0 fully saturated rings. The molecule has 2 aromatic carbocycles. The summed E-state index contributed by atoms with van der Waals surface area (Å²) in [6.45, 7) is 1.56. The minimum absolute atomic E-state index is 0.153. The van der Waals surface area contributed by atoms with Crippen molar-refractivity contribution in [2.45, 2.75) is 25.5 Å². The number of hydrogen-bond donors (Lipinski definition) is 3. The zero-order chi connectivity index (χ0) is 18.2. The Morgan fingerprint density at radius 2 is 1.84 bits per heavy atom. The van der Waals surface area contributed by atoms with Gasteiger partial charge in [-0.2, -0.15) is 0 Å². The number of amides is 2. The summed E-state index contributed by atoms with van der Waals surface area (Å²) in [5, 5.41) is 15.3. The van der Waals surface area contributed by atoms with Crippen LogP contribution in [0.4, 0.5) is 4.39 Å². The smallest absolute Gasteiger partial charge is 0.251 e. The van der Waals surface area contributed by atoms with E-state index in [4.69, 9.17) is 0 Å². The van der Waals surface area contributed by atoms with E-state index in [0.29, 0.717) is 6.42 Å². The second kappa shape index (κ2) is 8.94. The zero-order valence-corrected chi connectivity index (χ0v) is 13.9. The monoisotopic (exact) mass is 344 g/mol. The second-order valence-electron chi connectivity index (χ2n) is 5.82. The molecule has 0 aliphatic rings. The molecule has 0 aliphatic carbocycles. The largest absolute Gasteiger partial charge is 0.388 e. The quantitative estimate of drug-likeness (QED) is 0.720. The van der Waals surface area contributed by atoms with Crippen molar-refractivity contribution in [3.8, 4) is 0 Å². The molecule has 0 radical (unpaired) electrons. The SMILES string of the molecule is CC(CC(O)c1ccccc1)NC(=O)CNC(=O)c1cccc(F)c1. The summed E-state index contributed by atoms with van der Waals surface area (Å²) in [7, 11) is 0. The van der Waals surface area contributed by atoms with Crippen LogP contribution in [0.25, 0.3) is 0 Å². The van der Waals surface area contributed by atoms with Gasteiger partial charge in [-0.05, 0) is 37.1 Å². The van der Waals surface area contributed by atoms with E-state index in [2.05, 4.69) is 10.6 Å². The van der Waals surface area contributed by atoms with Gasteiger partial charge in [0, 0.05) is 11.6 Å². The number of aliphatic hydroxyl groups is 1. The summed E-state index contributed by atoms with van der Waals surface area (Å²) in [6.07, 6.45) is -0.327. The highest BCUT2D eigenvalue weighted by atomic mass is 19.1. The number of carbonyl (C=O) groups excluding carboxylic acids is 2. The van der Waals surface area contributed by atoms with Crippen LogP contribution < -0.4 is 10.6 Å². The molecule has 2 unspecified atom stereocenters. The topological polar surface area (TPSA) is 78.4 Å². The lowest BCUT2D eigenvalue weighted by atomic mass is 10.0. The number of rotatable bonds is 7. The number of hydrogen-bond acceptors (Lipinski definition) is 3. The Labute approximate surface area is 145 Å². The molecule has 0 spiro atoms. The highest BCUT2D eigenvalue weighted by Gasteiger charge is 2.15. The number of nitrogens with one attached hydrogen (secondary N) is 2. The number of halogens is 1. The summed E-state index contributed by atoms with van der Waals surface area (Å²) in [5.41, 5.74) is 0.934. The van der Waals surface area contributed by atoms with Crippen molar-refractivity contribution in [3.63, 3.8) is 0 Å². The minimum atomic E-state index is -0.682.